The lowest BCUT2D eigenvalue weighted by atomic mass is 9.91. The molecular formula is C9H18O. The lowest BCUT2D eigenvalue weighted by Gasteiger charge is -2.20. The quantitative estimate of drug-likeness (QED) is 0.597. The first-order valence-electron chi connectivity index (χ1n) is 3.88. The van der Waals surface area contributed by atoms with E-state index in [0.717, 1.165) is 0 Å². The lowest BCUT2D eigenvalue weighted by molar-refractivity contribution is 0.0946. The van der Waals surface area contributed by atoms with Crippen LogP contribution >= 0.6 is 0 Å². The Kier molecular flexibility index (Phi) is 4.37. The Hall–Kier alpha value is -0.300. The summed E-state index contributed by atoms with van der Waals surface area (Å²) in [5.41, 5.74) is 0. The van der Waals surface area contributed by atoms with Gasteiger partial charge in [-0.1, -0.05) is 26.8 Å². The molecule has 0 saturated heterocycles. The van der Waals surface area contributed by atoms with Crippen LogP contribution < -0.4 is 0 Å². The van der Waals surface area contributed by atoms with Crippen molar-refractivity contribution in [2.24, 2.45) is 11.8 Å². The van der Waals surface area contributed by atoms with E-state index in [2.05, 4.69) is 27.4 Å². The number of hydrogen-bond donors (Lipinski definition) is 1. The van der Waals surface area contributed by atoms with Crippen LogP contribution in [-0.2, 0) is 0 Å². The molecule has 1 N–H and O–H groups in total. The van der Waals surface area contributed by atoms with Crippen LogP contribution in [0.25, 0.3) is 0 Å². The zero-order valence-electron chi connectivity index (χ0n) is 7.17. The van der Waals surface area contributed by atoms with Gasteiger partial charge in [0.15, 0.2) is 0 Å². The predicted molar refractivity (Wildman–Crippen MR) is 44.8 cm³/mol. The van der Waals surface area contributed by atoms with Crippen LogP contribution in [0.2, 0.25) is 0 Å². The van der Waals surface area contributed by atoms with Gasteiger partial charge in [0, 0.05) is 0 Å². The summed E-state index contributed by atoms with van der Waals surface area (Å²) in [4.78, 5) is 0. The van der Waals surface area contributed by atoms with Crippen molar-refractivity contribution in [3.8, 4) is 0 Å². The van der Waals surface area contributed by atoms with E-state index in [1.54, 1.807) is 6.08 Å². The predicted octanol–water partition coefficient (Wildman–Crippen LogP) is 2.22. The summed E-state index contributed by atoms with van der Waals surface area (Å²) in [5.74, 6) is 0.924. The summed E-state index contributed by atoms with van der Waals surface area (Å²) in [6.07, 6.45) is 2.26. The lowest BCUT2D eigenvalue weighted by Crippen LogP contribution is -2.21. The van der Waals surface area contributed by atoms with Gasteiger partial charge < -0.3 is 5.11 Å². The first-order chi connectivity index (χ1) is 4.59. The van der Waals surface area contributed by atoms with Crippen molar-refractivity contribution < 1.29 is 5.11 Å². The van der Waals surface area contributed by atoms with Crippen molar-refractivity contribution >= 4 is 0 Å². The molecule has 0 unspecified atom stereocenters. The van der Waals surface area contributed by atoms with Crippen molar-refractivity contribution in [3.63, 3.8) is 0 Å². The van der Waals surface area contributed by atoms with Crippen molar-refractivity contribution in [1.29, 1.82) is 0 Å². The van der Waals surface area contributed by atoms with Gasteiger partial charge in [0.05, 0.1) is 6.10 Å². The summed E-state index contributed by atoms with van der Waals surface area (Å²) < 4.78 is 0. The van der Waals surface area contributed by atoms with E-state index in [0.29, 0.717) is 18.3 Å². The van der Waals surface area contributed by atoms with Crippen LogP contribution in [0.1, 0.15) is 27.2 Å². The summed E-state index contributed by atoms with van der Waals surface area (Å²) in [6.45, 7) is 9.89. The maximum Gasteiger partial charge on any atom is 0.0602 e. The van der Waals surface area contributed by atoms with Crippen LogP contribution in [0.4, 0.5) is 0 Å². The molecule has 0 amide bonds. The largest absolute Gasteiger partial charge is 0.393 e. The fraction of sp³-hybridized carbons (Fsp3) is 0.778. The molecule has 0 aliphatic heterocycles. The second kappa shape index (κ2) is 4.51. The molecule has 0 aromatic carbocycles. The minimum absolute atomic E-state index is 0.211. The summed E-state index contributed by atoms with van der Waals surface area (Å²) in [5, 5.41) is 9.42. The average Bonchev–Trinajstić information content (AvgIpc) is 1.87. The molecule has 0 fully saturated rings. The Morgan fingerprint density at radius 2 is 1.90 bits per heavy atom. The number of aliphatic hydroxyl groups excluding tert-OH is 1. The van der Waals surface area contributed by atoms with Crippen molar-refractivity contribution in [2.75, 3.05) is 0 Å². The summed E-state index contributed by atoms with van der Waals surface area (Å²) in [7, 11) is 0. The number of hydrogen-bond acceptors (Lipinski definition) is 1. The van der Waals surface area contributed by atoms with Gasteiger partial charge in [-0.3, -0.25) is 0 Å². The fourth-order valence-corrected chi connectivity index (χ4v) is 0.830. The third kappa shape index (κ3) is 3.02. The molecule has 0 rings (SSSR count). The normalized spacial score (nSPS) is 16.9. The van der Waals surface area contributed by atoms with Gasteiger partial charge in [0.2, 0.25) is 0 Å². The molecule has 10 heavy (non-hydrogen) atoms. The van der Waals surface area contributed by atoms with Gasteiger partial charge in [0.1, 0.15) is 0 Å². The fourth-order valence-electron chi connectivity index (χ4n) is 0.830. The average molecular weight is 142 g/mol. The van der Waals surface area contributed by atoms with Gasteiger partial charge in [-0.05, 0) is 18.3 Å². The van der Waals surface area contributed by atoms with Crippen LogP contribution in [0.15, 0.2) is 12.7 Å². The Morgan fingerprint density at radius 3 is 2.20 bits per heavy atom. The molecule has 0 bridgehead atoms. The van der Waals surface area contributed by atoms with E-state index in [4.69, 9.17) is 0 Å². The molecule has 0 heterocycles. The number of aliphatic hydroxyl groups is 1. The van der Waals surface area contributed by atoms with Crippen molar-refractivity contribution in [2.45, 2.75) is 33.3 Å². The molecule has 0 aliphatic rings. The zero-order valence-corrected chi connectivity index (χ0v) is 7.17. The first-order valence-corrected chi connectivity index (χ1v) is 3.88. The Balaban J connectivity index is 3.68. The number of rotatable bonds is 4. The third-order valence-corrected chi connectivity index (χ3v) is 2.07. The Morgan fingerprint density at radius 1 is 1.40 bits per heavy atom. The maximum absolute atomic E-state index is 9.42. The highest BCUT2D eigenvalue weighted by molar-refractivity contribution is 4.76. The monoisotopic (exact) mass is 142 g/mol. The van der Waals surface area contributed by atoms with E-state index in [1.165, 1.54) is 0 Å². The molecule has 0 saturated carbocycles. The topological polar surface area (TPSA) is 20.2 Å². The molecule has 0 radical (unpaired) electrons. The summed E-state index contributed by atoms with van der Waals surface area (Å²) >= 11 is 0. The summed E-state index contributed by atoms with van der Waals surface area (Å²) in [6, 6.07) is 0. The van der Waals surface area contributed by atoms with Crippen molar-refractivity contribution in [1.82, 2.24) is 0 Å². The Labute approximate surface area is 63.8 Å². The second-order valence-corrected chi connectivity index (χ2v) is 3.19. The van der Waals surface area contributed by atoms with Crippen LogP contribution in [0, 0.1) is 11.8 Å². The highest BCUT2D eigenvalue weighted by Crippen LogP contribution is 2.16. The smallest absolute Gasteiger partial charge is 0.0602 e. The van der Waals surface area contributed by atoms with E-state index < -0.39 is 0 Å². The van der Waals surface area contributed by atoms with Crippen molar-refractivity contribution in [3.05, 3.63) is 12.7 Å². The van der Waals surface area contributed by atoms with Crippen LogP contribution in [0.5, 0.6) is 0 Å². The molecule has 0 aliphatic carbocycles. The first kappa shape index (κ1) is 9.70. The molecule has 1 nitrogen and oxygen atoms in total. The van der Waals surface area contributed by atoms with Crippen LogP contribution in [0.3, 0.4) is 0 Å². The minimum Gasteiger partial charge on any atom is -0.393 e. The van der Waals surface area contributed by atoms with E-state index in [1.807, 2.05) is 0 Å². The van der Waals surface area contributed by atoms with Gasteiger partial charge in [0.25, 0.3) is 0 Å². The molecule has 0 aromatic heterocycles. The minimum atomic E-state index is -0.211. The molecule has 2 atom stereocenters. The highest BCUT2D eigenvalue weighted by Gasteiger charge is 2.15. The van der Waals surface area contributed by atoms with E-state index >= 15 is 0 Å². The molecule has 0 aromatic rings. The standard InChI is InChI=1S/C9H18O/c1-5-6-9(10)8(4)7(2)3/h5,7-10H,1,6H2,2-4H3/t8-,9-/m0/s1. The third-order valence-electron chi connectivity index (χ3n) is 2.07. The van der Waals surface area contributed by atoms with Gasteiger partial charge >= 0.3 is 0 Å². The molecule has 0 spiro atoms. The zero-order chi connectivity index (χ0) is 8.15. The van der Waals surface area contributed by atoms with E-state index in [9.17, 15) is 5.11 Å². The molecular weight excluding hydrogens is 124 g/mol. The highest BCUT2D eigenvalue weighted by atomic mass is 16.3. The van der Waals surface area contributed by atoms with Gasteiger partial charge in [-0.15, -0.1) is 6.58 Å². The van der Waals surface area contributed by atoms with Gasteiger partial charge in [-0.2, -0.15) is 0 Å². The van der Waals surface area contributed by atoms with Crippen LogP contribution in [-0.4, -0.2) is 11.2 Å². The second-order valence-electron chi connectivity index (χ2n) is 3.19. The molecule has 1 heteroatoms. The maximum atomic E-state index is 9.42. The SMILES string of the molecule is C=CC[C@H](O)[C@@H](C)C(C)C. The Bertz CT molecular complexity index is 96.9. The van der Waals surface area contributed by atoms with E-state index in [-0.39, 0.29) is 6.10 Å². The van der Waals surface area contributed by atoms with Gasteiger partial charge in [-0.25, -0.2) is 0 Å². The molecule has 60 valence electrons.